The van der Waals surface area contributed by atoms with Crippen molar-refractivity contribution in [3.05, 3.63) is 70.8 Å². The van der Waals surface area contributed by atoms with Crippen LogP contribution < -0.4 is 0 Å². The van der Waals surface area contributed by atoms with Gasteiger partial charge in [-0.15, -0.1) is 0 Å². The molecule has 0 unspecified atom stereocenters. The summed E-state index contributed by atoms with van der Waals surface area (Å²) in [4.78, 5) is 41.1. The highest BCUT2D eigenvalue weighted by atomic mass is 19.3. The van der Waals surface area contributed by atoms with E-state index >= 15 is 0 Å². The van der Waals surface area contributed by atoms with Gasteiger partial charge in [0.05, 0.1) is 16.7 Å². The second kappa shape index (κ2) is 5.52. The molecule has 3 rings (SSSR count). The SMILES string of the molecule is CC(F)(F)c1ccc(C(=O)ON2C(=O)c3ccccc3C2=O)cc1. The van der Waals surface area contributed by atoms with Gasteiger partial charge < -0.3 is 4.84 Å². The number of imide groups is 1. The normalized spacial score (nSPS) is 13.9. The zero-order valence-electron chi connectivity index (χ0n) is 12.5. The lowest BCUT2D eigenvalue weighted by atomic mass is 10.1. The molecule has 0 saturated carbocycles. The van der Waals surface area contributed by atoms with E-state index in [9.17, 15) is 23.2 Å². The lowest BCUT2D eigenvalue weighted by Gasteiger charge is -2.14. The molecule has 0 bridgehead atoms. The van der Waals surface area contributed by atoms with Crippen molar-refractivity contribution in [2.24, 2.45) is 0 Å². The Labute approximate surface area is 135 Å². The number of alkyl halides is 2. The number of nitrogens with zero attached hydrogens (tertiary/aromatic N) is 1. The Kier molecular flexibility index (Phi) is 3.63. The quantitative estimate of drug-likeness (QED) is 0.811. The van der Waals surface area contributed by atoms with Gasteiger partial charge >= 0.3 is 5.97 Å². The summed E-state index contributed by atoms with van der Waals surface area (Å²) in [5.41, 5.74) is -0.0492. The minimum Gasteiger partial charge on any atom is -0.324 e. The van der Waals surface area contributed by atoms with Gasteiger partial charge in [0, 0.05) is 12.5 Å². The Bertz CT molecular complexity index is 805. The van der Waals surface area contributed by atoms with Gasteiger partial charge in [-0.2, -0.15) is 0 Å². The van der Waals surface area contributed by atoms with Crippen molar-refractivity contribution in [1.82, 2.24) is 5.06 Å². The maximum atomic E-state index is 13.2. The van der Waals surface area contributed by atoms with E-state index in [1.165, 1.54) is 12.1 Å². The van der Waals surface area contributed by atoms with Gasteiger partial charge in [-0.05, 0) is 24.3 Å². The van der Waals surface area contributed by atoms with Crippen LogP contribution in [0.5, 0.6) is 0 Å². The molecule has 0 atom stereocenters. The third-order valence-corrected chi connectivity index (χ3v) is 3.56. The molecule has 7 heteroatoms. The fourth-order valence-corrected chi connectivity index (χ4v) is 2.28. The van der Waals surface area contributed by atoms with Crippen molar-refractivity contribution in [1.29, 1.82) is 0 Å². The molecule has 1 aliphatic rings. The highest BCUT2D eigenvalue weighted by Gasteiger charge is 2.38. The predicted octanol–water partition coefficient (Wildman–Crippen LogP) is 3.17. The molecular formula is C17H11F2NO4. The first kappa shape index (κ1) is 15.8. The summed E-state index contributed by atoms with van der Waals surface area (Å²) in [6.45, 7) is 0.735. The van der Waals surface area contributed by atoms with E-state index in [-0.39, 0.29) is 22.3 Å². The summed E-state index contributed by atoms with van der Waals surface area (Å²) in [7, 11) is 0. The van der Waals surface area contributed by atoms with E-state index in [0.29, 0.717) is 5.06 Å². The van der Waals surface area contributed by atoms with Crippen molar-refractivity contribution in [2.45, 2.75) is 12.8 Å². The zero-order chi connectivity index (χ0) is 17.5. The summed E-state index contributed by atoms with van der Waals surface area (Å²) in [6, 6.07) is 10.5. The third-order valence-electron chi connectivity index (χ3n) is 3.56. The Morgan fingerprint density at radius 2 is 1.46 bits per heavy atom. The van der Waals surface area contributed by atoms with E-state index in [1.807, 2.05) is 0 Å². The van der Waals surface area contributed by atoms with Crippen LogP contribution in [0.3, 0.4) is 0 Å². The van der Waals surface area contributed by atoms with Gasteiger partial charge in [0.25, 0.3) is 17.7 Å². The van der Waals surface area contributed by atoms with Crippen molar-refractivity contribution in [3.8, 4) is 0 Å². The molecule has 5 nitrogen and oxygen atoms in total. The Morgan fingerprint density at radius 3 is 1.92 bits per heavy atom. The van der Waals surface area contributed by atoms with E-state index in [4.69, 9.17) is 4.84 Å². The smallest absolute Gasteiger partial charge is 0.324 e. The number of halogens is 2. The van der Waals surface area contributed by atoms with Crippen LogP contribution in [0.1, 0.15) is 43.6 Å². The Balaban J connectivity index is 1.79. The predicted molar refractivity (Wildman–Crippen MR) is 78.4 cm³/mol. The highest BCUT2D eigenvalue weighted by Crippen LogP contribution is 2.27. The van der Waals surface area contributed by atoms with Crippen LogP contribution in [-0.4, -0.2) is 22.8 Å². The standard InChI is InChI=1S/C17H11F2NO4/c1-17(18,19)11-8-6-10(7-9-11)16(23)24-20-14(21)12-4-2-3-5-13(12)15(20)22/h2-9H,1H3. The first-order chi connectivity index (χ1) is 11.3. The molecule has 2 aromatic carbocycles. The van der Waals surface area contributed by atoms with E-state index < -0.39 is 23.7 Å². The van der Waals surface area contributed by atoms with Gasteiger partial charge in [0.1, 0.15) is 0 Å². The molecule has 0 aliphatic carbocycles. The Morgan fingerprint density at radius 1 is 0.958 bits per heavy atom. The van der Waals surface area contributed by atoms with Gasteiger partial charge in [-0.3, -0.25) is 9.59 Å². The number of carbonyl (C=O) groups is 3. The molecule has 0 aromatic heterocycles. The van der Waals surface area contributed by atoms with E-state index in [0.717, 1.165) is 31.2 Å². The van der Waals surface area contributed by atoms with Gasteiger partial charge in [-0.25, -0.2) is 13.6 Å². The summed E-state index contributed by atoms with van der Waals surface area (Å²) in [6.07, 6.45) is 0. The maximum absolute atomic E-state index is 13.2. The number of amides is 2. The minimum absolute atomic E-state index is 0.0560. The second-order valence-corrected chi connectivity index (χ2v) is 5.29. The van der Waals surface area contributed by atoms with Crippen molar-refractivity contribution in [2.75, 3.05) is 0 Å². The summed E-state index contributed by atoms with van der Waals surface area (Å²) in [5, 5.41) is 0.370. The number of hydrogen-bond donors (Lipinski definition) is 0. The van der Waals surface area contributed by atoms with Gasteiger partial charge in [0.15, 0.2) is 0 Å². The second-order valence-electron chi connectivity index (χ2n) is 5.29. The number of carbonyl (C=O) groups excluding carboxylic acids is 3. The highest BCUT2D eigenvalue weighted by molar-refractivity contribution is 6.21. The molecule has 1 heterocycles. The molecule has 2 aromatic rings. The fraction of sp³-hybridized carbons (Fsp3) is 0.118. The van der Waals surface area contributed by atoms with Crippen LogP contribution in [0, 0.1) is 0 Å². The number of fused-ring (bicyclic) bond motifs is 1. The number of hydrogen-bond acceptors (Lipinski definition) is 4. The third kappa shape index (κ3) is 2.64. The molecular weight excluding hydrogens is 320 g/mol. The number of hydroxylamine groups is 2. The maximum Gasteiger partial charge on any atom is 0.363 e. The summed E-state index contributed by atoms with van der Waals surface area (Å²) in [5.74, 6) is -5.53. The summed E-state index contributed by atoms with van der Waals surface area (Å²) >= 11 is 0. The first-order valence-electron chi connectivity index (χ1n) is 6.97. The zero-order valence-corrected chi connectivity index (χ0v) is 12.5. The monoisotopic (exact) mass is 331 g/mol. The summed E-state index contributed by atoms with van der Waals surface area (Å²) < 4.78 is 26.3. The van der Waals surface area contributed by atoms with Crippen molar-refractivity contribution in [3.63, 3.8) is 0 Å². The number of rotatable bonds is 3. The molecule has 0 spiro atoms. The van der Waals surface area contributed by atoms with Crippen LogP contribution in [-0.2, 0) is 10.8 Å². The molecule has 0 saturated heterocycles. The van der Waals surface area contributed by atoms with Gasteiger partial charge in [-0.1, -0.05) is 29.3 Å². The molecule has 1 aliphatic heterocycles. The molecule has 122 valence electrons. The molecule has 0 N–H and O–H groups in total. The van der Waals surface area contributed by atoms with Crippen LogP contribution in [0.15, 0.2) is 48.5 Å². The molecule has 0 fully saturated rings. The van der Waals surface area contributed by atoms with Crippen molar-refractivity contribution < 1.29 is 28.0 Å². The van der Waals surface area contributed by atoms with Crippen LogP contribution >= 0.6 is 0 Å². The Hall–Kier alpha value is -3.09. The first-order valence-corrected chi connectivity index (χ1v) is 6.97. The van der Waals surface area contributed by atoms with Crippen molar-refractivity contribution >= 4 is 17.8 Å². The molecule has 2 amide bonds. The van der Waals surface area contributed by atoms with E-state index in [2.05, 4.69) is 0 Å². The fourth-order valence-electron chi connectivity index (χ4n) is 2.28. The average Bonchev–Trinajstić information content (AvgIpc) is 2.79. The van der Waals surface area contributed by atoms with E-state index in [1.54, 1.807) is 12.1 Å². The molecule has 24 heavy (non-hydrogen) atoms. The lowest BCUT2D eigenvalue weighted by molar-refractivity contribution is -0.0584. The van der Waals surface area contributed by atoms with Crippen LogP contribution in [0.25, 0.3) is 0 Å². The molecule has 0 radical (unpaired) electrons. The average molecular weight is 331 g/mol. The largest absolute Gasteiger partial charge is 0.363 e. The lowest BCUT2D eigenvalue weighted by Crippen LogP contribution is -2.32. The topological polar surface area (TPSA) is 63.7 Å². The van der Waals surface area contributed by atoms with Crippen LogP contribution in [0.2, 0.25) is 0 Å². The van der Waals surface area contributed by atoms with Crippen LogP contribution in [0.4, 0.5) is 8.78 Å². The van der Waals surface area contributed by atoms with Gasteiger partial charge in [0.2, 0.25) is 0 Å². The number of benzene rings is 2. The minimum atomic E-state index is -3.04.